The van der Waals surface area contributed by atoms with Gasteiger partial charge in [-0.1, -0.05) is 12.1 Å². The highest BCUT2D eigenvalue weighted by atomic mass is 16.5. The maximum atomic E-state index is 12.3. The number of benzene rings is 1. The number of morpholine rings is 1. The first-order valence-electron chi connectivity index (χ1n) is 7.23. The van der Waals surface area contributed by atoms with Crippen molar-refractivity contribution in [2.45, 2.75) is 0 Å². The zero-order valence-electron chi connectivity index (χ0n) is 11.9. The zero-order valence-corrected chi connectivity index (χ0v) is 11.9. The van der Waals surface area contributed by atoms with Crippen LogP contribution in [0.3, 0.4) is 0 Å². The molecule has 0 aliphatic carbocycles. The second-order valence-electron chi connectivity index (χ2n) is 5.20. The molecule has 6 heteroatoms. The van der Waals surface area contributed by atoms with Crippen molar-refractivity contribution in [2.75, 3.05) is 50.8 Å². The van der Waals surface area contributed by atoms with Crippen LogP contribution < -0.4 is 10.2 Å². The first kappa shape index (κ1) is 14.0. The van der Waals surface area contributed by atoms with Crippen molar-refractivity contribution < 1.29 is 14.3 Å². The molecule has 0 saturated carbocycles. The molecule has 1 N–H and O–H groups in total. The van der Waals surface area contributed by atoms with Gasteiger partial charge in [0.2, 0.25) is 5.91 Å². The molecular weight excluding hydrogens is 270 g/mol. The molecule has 1 saturated heterocycles. The fourth-order valence-corrected chi connectivity index (χ4v) is 2.69. The number of rotatable bonds is 3. The minimum Gasteiger partial charge on any atom is -0.379 e. The molecule has 0 bridgehead atoms. The minimum atomic E-state index is -0.187. The van der Waals surface area contributed by atoms with Gasteiger partial charge in [0.1, 0.15) is 0 Å². The lowest BCUT2D eigenvalue weighted by Crippen LogP contribution is -2.44. The average molecular weight is 289 g/mol. The molecule has 1 aromatic rings. The molecule has 2 aliphatic rings. The van der Waals surface area contributed by atoms with Crippen LogP contribution in [0.15, 0.2) is 24.3 Å². The van der Waals surface area contributed by atoms with Crippen molar-refractivity contribution in [3.05, 3.63) is 29.8 Å². The number of para-hydroxylation sites is 1. The van der Waals surface area contributed by atoms with E-state index in [-0.39, 0.29) is 18.4 Å². The Balaban J connectivity index is 1.77. The van der Waals surface area contributed by atoms with Gasteiger partial charge in [-0.2, -0.15) is 0 Å². The number of carbonyl (C=O) groups excluding carboxylic acids is 2. The molecule has 0 atom stereocenters. The molecule has 21 heavy (non-hydrogen) atoms. The highest BCUT2D eigenvalue weighted by molar-refractivity contribution is 6.09. The number of hydrogen-bond acceptors (Lipinski definition) is 4. The van der Waals surface area contributed by atoms with E-state index in [9.17, 15) is 9.59 Å². The largest absolute Gasteiger partial charge is 0.379 e. The third kappa shape index (κ3) is 3.06. The summed E-state index contributed by atoms with van der Waals surface area (Å²) in [5.41, 5.74) is 1.26. The highest BCUT2D eigenvalue weighted by Gasteiger charge is 2.26. The lowest BCUT2D eigenvalue weighted by atomic mass is 10.1. The van der Waals surface area contributed by atoms with E-state index in [1.54, 1.807) is 11.0 Å². The summed E-state index contributed by atoms with van der Waals surface area (Å²) in [5, 5.41) is 2.65. The third-order valence-electron chi connectivity index (χ3n) is 3.88. The Morgan fingerprint density at radius 1 is 1.10 bits per heavy atom. The van der Waals surface area contributed by atoms with Gasteiger partial charge in [-0.3, -0.25) is 14.5 Å². The summed E-state index contributed by atoms with van der Waals surface area (Å²) in [6, 6.07) is 7.25. The Morgan fingerprint density at radius 2 is 1.86 bits per heavy atom. The smallest absolute Gasteiger partial charge is 0.253 e. The van der Waals surface area contributed by atoms with E-state index in [2.05, 4.69) is 10.2 Å². The van der Waals surface area contributed by atoms with Crippen molar-refractivity contribution in [3.8, 4) is 0 Å². The van der Waals surface area contributed by atoms with Crippen LogP contribution in [0.5, 0.6) is 0 Å². The van der Waals surface area contributed by atoms with E-state index in [0.29, 0.717) is 17.8 Å². The summed E-state index contributed by atoms with van der Waals surface area (Å²) in [6.07, 6.45) is 0. The van der Waals surface area contributed by atoms with Gasteiger partial charge >= 0.3 is 0 Å². The first-order chi connectivity index (χ1) is 10.3. The van der Waals surface area contributed by atoms with Crippen LogP contribution in [0.1, 0.15) is 10.4 Å². The van der Waals surface area contributed by atoms with E-state index in [1.807, 2.05) is 18.2 Å². The molecule has 112 valence electrons. The van der Waals surface area contributed by atoms with Gasteiger partial charge in [-0.05, 0) is 12.1 Å². The monoisotopic (exact) mass is 289 g/mol. The lowest BCUT2D eigenvalue weighted by molar-refractivity contribution is -0.117. The minimum absolute atomic E-state index is 0.0522. The van der Waals surface area contributed by atoms with Gasteiger partial charge in [0.15, 0.2) is 0 Å². The molecule has 6 nitrogen and oxygen atoms in total. The summed E-state index contributed by atoms with van der Waals surface area (Å²) >= 11 is 0. The van der Waals surface area contributed by atoms with Crippen LogP contribution in [-0.4, -0.2) is 62.7 Å². The van der Waals surface area contributed by atoms with Crippen LogP contribution in [0.2, 0.25) is 0 Å². The number of carbonyl (C=O) groups is 2. The number of anilines is 1. The molecule has 2 aliphatic heterocycles. The van der Waals surface area contributed by atoms with Gasteiger partial charge in [0.05, 0.1) is 31.0 Å². The molecule has 0 unspecified atom stereocenters. The number of fused-ring (bicyclic) bond motifs is 1. The van der Waals surface area contributed by atoms with Crippen molar-refractivity contribution in [1.29, 1.82) is 0 Å². The normalized spacial score (nSPS) is 19.9. The van der Waals surface area contributed by atoms with Crippen LogP contribution >= 0.6 is 0 Å². The Kier molecular flexibility index (Phi) is 4.17. The van der Waals surface area contributed by atoms with Gasteiger partial charge < -0.3 is 15.0 Å². The molecule has 1 aromatic carbocycles. The molecule has 3 rings (SSSR count). The quantitative estimate of drug-likeness (QED) is 0.857. The van der Waals surface area contributed by atoms with Gasteiger partial charge in [-0.25, -0.2) is 0 Å². The van der Waals surface area contributed by atoms with E-state index in [1.165, 1.54) is 0 Å². The first-order valence-corrected chi connectivity index (χ1v) is 7.23. The fraction of sp³-hybridized carbons (Fsp3) is 0.467. The number of nitrogens with zero attached hydrogens (tertiary/aromatic N) is 2. The molecule has 0 aromatic heterocycles. The topological polar surface area (TPSA) is 61.9 Å². The molecule has 0 radical (unpaired) electrons. The van der Waals surface area contributed by atoms with Crippen LogP contribution in [0.25, 0.3) is 0 Å². The molecule has 1 fully saturated rings. The standard InChI is InChI=1S/C15H19N3O3/c19-14-11-16-15(20)12-3-1-2-4-13(12)18(14)6-5-17-7-9-21-10-8-17/h1-4H,5-11H2,(H,16,20). The maximum absolute atomic E-state index is 12.3. The third-order valence-corrected chi connectivity index (χ3v) is 3.88. The Bertz CT molecular complexity index is 541. The van der Waals surface area contributed by atoms with Crippen LogP contribution in [-0.2, 0) is 9.53 Å². The predicted molar refractivity (Wildman–Crippen MR) is 78.4 cm³/mol. The second kappa shape index (κ2) is 6.24. The van der Waals surface area contributed by atoms with Gasteiger partial charge in [0.25, 0.3) is 5.91 Å². The van der Waals surface area contributed by atoms with Gasteiger partial charge in [0, 0.05) is 26.2 Å². The van der Waals surface area contributed by atoms with Crippen molar-refractivity contribution in [2.24, 2.45) is 0 Å². The second-order valence-corrected chi connectivity index (χ2v) is 5.20. The predicted octanol–water partition coefficient (Wildman–Crippen LogP) is 0.0952. The van der Waals surface area contributed by atoms with Crippen molar-refractivity contribution in [1.82, 2.24) is 10.2 Å². The number of amides is 2. The summed E-state index contributed by atoms with van der Waals surface area (Å²) in [4.78, 5) is 28.2. The Morgan fingerprint density at radius 3 is 2.67 bits per heavy atom. The highest BCUT2D eigenvalue weighted by Crippen LogP contribution is 2.22. The van der Waals surface area contributed by atoms with E-state index < -0.39 is 0 Å². The van der Waals surface area contributed by atoms with E-state index in [0.717, 1.165) is 32.8 Å². The summed E-state index contributed by atoms with van der Waals surface area (Å²) in [7, 11) is 0. The number of ether oxygens (including phenoxy) is 1. The molecule has 0 spiro atoms. The SMILES string of the molecule is O=C1NCC(=O)N(CCN2CCOCC2)c2ccccc21. The average Bonchev–Trinajstić information content (AvgIpc) is 2.65. The number of hydrogen-bond donors (Lipinski definition) is 1. The van der Waals surface area contributed by atoms with Crippen molar-refractivity contribution >= 4 is 17.5 Å². The Labute approximate surface area is 123 Å². The number of nitrogens with one attached hydrogen (secondary N) is 1. The lowest BCUT2D eigenvalue weighted by Gasteiger charge is -2.30. The molecule has 2 amide bonds. The summed E-state index contributed by atoms with van der Waals surface area (Å²) in [5.74, 6) is -0.255. The maximum Gasteiger partial charge on any atom is 0.253 e. The summed E-state index contributed by atoms with van der Waals surface area (Å²) in [6.45, 7) is 4.69. The zero-order chi connectivity index (χ0) is 14.7. The van der Waals surface area contributed by atoms with Crippen LogP contribution in [0.4, 0.5) is 5.69 Å². The summed E-state index contributed by atoms with van der Waals surface area (Å²) < 4.78 is 5.33. The fourth-order valence-electron chi connectivity index (χ4n) is 2.69. The molecular formula is C15H19N3O3. The van der Waals surface area contributed by atoms with Gasteiger partial charge in [-0.15, -0.1) is 0 Å². The van der Waals surface area contributed by atoms with E-state index >= 15 is 0 Å². The molecule has 2 heterocycles. The van der Waals surface area contributed by atoms with Crippen LogP contribution in [0, 0.1) is 0 Å². The van der Waals surface area contributed by atoms with Crippen molar-refractivity contribution in [3.63, 3.8) is 0 Å². The Hall–Kier alpha value is -1.92. The van der Waals surface area contributed by atoms with E-state index in [4.69, 9.17) is 4.74 Å².